The topological polar surface area (TPSA) is 74.2 Å². The molecule has 0 atom stereocenters. The van der Waals surface area contributed by atoms with Crippen LogP contribution in [0.2, 0.25) is 0 Å². The highest BCUT2D eigenvalue weighted by atomic mass is 16.5. The molecule has 0 aliphatic carbocycles. The third kappa shape index (κ3) is 2.52. The summed E-state index contributed by atoms with van der Waals surface area (Å²) in [5, 5.41) is 4.06. The summed E-state index contributed by atoms with van der Waals surface area (Å²) >= 11 is 0. The van der Waals surface area contributed by atoms with E-state index in [1.165, 1.54) is 0 Å². The fraction of sp³-hybridized carbons (Fsp3) is 0.167. The predicted molar refractivity (Wildman–Crippen MR) is 88.7 cm³/mol. The summed E-state index contributed by atoms with van der Waals surface area (Å²) in [5.74, 6) is 2.47. The molecule has 0 spiro atoms. The van der Waals surface area contributed by atoms with Gasteiger partial charge in [-0.2, -0.15) is 4.98 Å². The Bertz CT molecular complexity index is 986. The number of hydrogen-bond acceptors (Lipinski definition) is 6. The third-order valence-corrected chi connectivity index (χ3v) is 3.76. The van der Waals surface area contributed by atoms with Crippen molar-refractivity contribution in [1.82, 2.24) is 15.1 Å². The molecule has 6 heteroatoms. The lowest BCUT2D eigenvalue weighted by molar-refractivity contribution is 0.414. The van der Waals surface area contributed by atoms with Gasteiger partial charge in [0.15, 0.2) is 11.5 Å². The van der Waals surface area contributed by atoms with Crippen molar-refractivity contribution in [3.8, 4) is 28.6 Å². The van der Waals surface area contributed by atoms with Gasteiger partial charge in [0.1, 0.15) is 11.3 Å². The SMILES string of the molecule is CCc1nc2cc(-c3noc(-c4ccc(OC)cc4)n3)ccc2o1. The minimum Gasteiger partial charge on any atom is -0.497 e. The van der Waals surface area contributed by atoms with E-state index in [-0.39, 0.29) is 0 Å². The summed E-state index contributed by atoms with van der Waals surface area (Å²) in [6.07, 6.45) is 0.758. The molecule has 4 rings (SSSR count). The molecule has 0 unspecified atom stereocenters. The number of nitrogens with zero attached hydrogens (tertiary/aromatic N) is 3. The fourth-order valence-corrected chi connectivity index (χ4v) is 2.46. The molecule has 6 nitrogen and oxygen atoms in total. The zero-order chi connectivity index (χ0) is 16.5. The Balaban J connectivity index is 1.68. The molecule has 120 valence electrons. The molecule has 0 radical (unpaired) electrons. The first-order valence-electron chi connectivity index (χ1n) is 7.65. The zero-order valence-electron chi connectivity index (χ0n) is 13.3. The van der Waals surface area contributed by atoms with Crippen LogP contribution in [0.15, 0.2) is 51.4 Å². The first-order valence-corrected chi connectivity index (χ1v) is 7.65. The van der Waals surface area contributed by atoms with Crippen molar-refractivity contribution in [2.24, 2.45) is 0 Å². The molecular formula is C18H15N3O3. The van der Waals surface area contributed by atoms with Gasteiger partial charge in [-0.3, -0.25) is 0 Å². The lowest BCUT2D eigenvalue weighted by atomic mass is 10.2. The second-order valence-electron chi connectivity index (χ2n) is 5.30. The summed E-state index contributed by atoms with van der Waals surface area (Å²) in [6.45, 7) is 2.01. The maximum absolute atomic E-state index is 5.62. The monoisotopic (exact) mass is 321 g/mol. The highest BCUT2D eigenvalue weighted by Gasteiger charge is 2.13. The van der Waals surface area contributed by atoms with Crippen LogP contribution < -0.4 is 4.74 Å². The normalized spacial score (nSPS) is 11.1. The molecule has 24 heavy (non-hydrogen) atoms. The number of oxazole rings is 1. The van der Waals surface area contributed by atoms with E-state index in [0.29, 0.717) is 17.6 Å². The van der Waals surface area contributed by atoms with E-state index >= 15 is 0 Å². The number of fused-ring (bicyclic) bond motifs is 1. The van der Waals surface area contributed by atoms with E-state index < -0.39 is 0 Å². The lowest BCUT2D eigenvalue weighted by Gasteiger charge is -1.98. The van der Waals surface area contributed by atoms with Gasteiger partial charge < -0.3 is 13.7 Å². The Morgan fingerprint density at radius 2 is 1.79 bits per heavy atom. The van der Waals surface area contributed by atoms with Crippen LogP contribution in [-0.4, -0.2) is 22.2 Å². The number of methoxy groups -OCH3 is 1. The molecule has 0 aliphatic heterocycles. The summed E-state index contributed by atoms with van der Waals surface area (Å²) in [4.78, 5) is 8.90. The van der Waals surface area contributed by atoms with Gasteiger partial charge in [0.25, 0.3) is 5.89 Å². The van der Waals surface area contributed by atoms with Crippen molar-refractivity contribution < 1.29 is 13.7 Å². The average Bonchev–Trinajstić information content (AvgIpc) is 3.27. The average molecular weight is 321 g/mol. The molecule has 0 saturated heterocycles. The Labute approximate surface area is 138 Å². The van der Waals surface area contributed by atoms with Gasteiger partial charge in [0.05, 0.1) is 7.11 Å². The maximum Gasteiger partial charge on any atom is 0.258 e. The van der Waals surface area contributed by atoms with Crippen molar-refractivity contribution in [3.63, 3.8) is 0 Å². The van der Waals surface area contributed by atoms with Gasteiger partial charge in [-0.05, 0) is 42.5 Å². The summed E-state index contributed by atoms with van der Waals surface area (Å²) in [5.41, 5.74) is 3.22. The van der Waals surface area contributed by atoms with E-state index in [4.69, 9.17) is 13.7 Å². The van der Waals surface area contributed by atoms with Gasteiger partial charge >= 0.3 is 0 Å². The van der Waals surface area contributed by atoms with E-state index in [9.17, 15) is 0 Å². The summed E-state index contributed by atoms with van der Waals surface area (Å²) in [6, 6.07) is 13.1. The number of benzene rings is 2. The fourth-order valence-electron chi connectivity index (χ4n) is 2.46. The van der Waals surface area contributed by atoms with E-state index in [1.807, 2.05) is 49.4 Å². The molecule has 0 aliphatic rings. The third-order valence-electron chi connectivity index (χ3n) is 3.76. The van der Waals surface area contributed by atoms with Crippen molar-refractivity contribution >= 4 is 11.1 Å². The van der Waals surface area contributed by atoms with Crippen LogP contribution in [0.25, 0.3) is 33.9 Å². The molecule has 0 saturated carbocycles. The highest BCUT2D eigenvalue weighted by Crippen LogP contribution is 2.26. The first-order chi connectivity index (χ1) is 11.8. The second-order valence-corrected chi connectivity index (χ2v) is 5.30. The van der Waals surface area contributed by atoms with Gasteiger partial charge in [-0.1, -0.05) is 12.1 Å². The van der Waals surface area contributed by atoms with Crippen LogP contribution in [0, 0.1) is 0 Å². The van der Waals surface area contributed by atoms with Crippen molar-refractivity contribution in [1.29, 1.82) is 0 Å². The minimum absolute atomic E-state index is 0.460. The van der Waals surface area contributed by atoms with Crippen molar-refractivity contribution in [2.45, 2.75) is 13.3 Å². The number of rotatable bonds is 4. The number of aryl methyl sites for hydroxylation is 1. The van der Waals surface area contributed by atoms with Crippen LogP contribution in [0.5, 0.6) is 5.75 Å². The number of aromatic nitrogens is 3. The van der Waals surface area contributed by atoms with Crippen LogP contribution >= 0.6 is 0 Å². The maximum atomic E-state index is 5.62. The summed E-state index contributed by atoms with van der Waals surface area (Å²) < 4.78 is 16.1. The van der Waals surface area contributed by atoms with Crippen molar-refractivity contribution in [3.05, 3.63) is 48.4 Å². The molecule has 0 bridgehead atoms. The first kappa shape index (κ1) is 14.4. The van der Waals surface area contributed by atoms with Crippen LogP contribution in [0.3, 0.4) is 0 Å². The van der Waals surface area contributed by atoms with E-state index in [1.54, 1.807) is 7.11 Å². The van der Waals surface area contributed by atoms with Crippen molar-refractivity contribution in [2.75, 3.05) is 7.11 Å². The molecule has 2 aromatic carbocycles. The summed E-state index contributed by atoms with van der Waals surface area (Å²) in [7, 11) is 1.63. The van der Waals surface area contributed by atoms with Gasteiger partial charge in [0.2, 0.25) is 5.82 Å². The number of hydrogen-bond donors (Lipinski definition) is 0. The molecule has 4 aromatic rings. The smallest absolute Gasteiger partial charge is 0.258 e. The van der Waals surface area contributed by atoms with Crippen LogP contribution in [0.4, 0.5) is 0 Å². The van der Waals surface area contributed by atoms with Crippen LogP contribution in [0.1, 0.15) is 12.8 Å². The Kier molecular flexibility index (Phi) is 3.49. The molecule has 2 heterocycles. The Hall–Kier alpha value is -3.15. The molecular weight excluding hydrogens is 306 g/mol. The minimum atomic E-state index is 0.460. The van der Waals surface area contributed by atoms with Gasteiger partial charge in [0, 0.05) is 17.5 Å². The Morgan fingerprint density at radius 3 is 2.54 bits per heavy atom. The van der Waals surface area contributed by atoms with Gasteiger partial charge in [-0.15, -0.1) is 0 Å². The zero-order valence-corrected chi connectivity index (χ0v) is 13.3. The van der Waals surface area contributed by atoms with Crippen LogP contribution in [-0.2, 0) is 6.42 Å². The molecule has 0 amide bonds. The number of ether oxygens (including phenoxy) is 1. The molecule has 0 N–H and O–H groups in total. The van der Waals surface area contributed by atoms with E-state index in [0.717, 1.165) is 34.4 Å². The second kappa shape index (κ2) is 5.81. The predicted octanol–water partition coefficient (Wildman–Crippen LogP) is 4.12. The molecule has 0 fully saturated rings. The lowest BCUT2D eigenvalue weighted by Crippen LogP contribution is -1.83. The molecule has 2 aromatic heterocycles. The Morgan fingerprint density at radius 1 is 1.00 bits per heavy atom. The standard InChI is InChI=1S/C18H15N3O3/c1-3-16-19-14-10-12(6-9-15(14)23-16)17-20-18(24-21-17)11-4-7-13(22-2)8-5-11/h4-10H,3H2,1-2H3. The highest BCUT2D eigenvalue weighted by molar-refractivity contribution is 5.78. The van der Waals surface area contributed by atoms with E-state index in [2.05, 4.69) is 15.1 Å². The van der Waals surface area contributed by atoms with Gasteiger partial charge in [-0.25, -0.2) is 4.98 Å². The quantitative estimate of drug-likeness (QED) is 0.563. The largest absolute Gasteiger partial charge is 0.497 e.